The average molecular weight is 387 g/mol. The van der Waals surface area contributed by atoms with E-state index < -0.39 is 15.8 Å². The molecule has 142 valence electrons. The summed E-state index contributed by atoms with van der Waals surface area (Å²) in [6.45, 7) is 5.36. The molecule has 1 aliphatic rings. The van der Waals surface area contributed by atoms with Gasteiger partial charge >= 0.3 is 0 Å². The number of nitrogens with one attached hydrogen (secondary N) is 1. The Kier molecular flexibility index (Phi) is 4.75. The lowest BCUT2D eigenvalue weighted by molar-refractivity contribution is 0.200. The van der Waals surface area contributed by atoms with Crippen LogP contribution in [0.1, 0.15) is 12.5 Å². The number of fused-ring (bicyclic) bond motifs is 1. The molecule has 0 saturated carbocycles. The normalized spacial score (nSPS) is 18.8. The topological polar surface area (TPSA) is 54.3 Å². The van der Waals surface area contributed by atoms with Gasteiger partial charge in [-0.3, -0.25) is 4.90 Å². The quantitative estimate of drug-likeness (QED) is 0.748. The number of rotatable bonds is 4. The number of aromatic nitrogens is 1. The number of hydrogen-bond donors (Lipinski definition) is 1. The molecule has 1 saturated heterocycles. The summed E-state index contributed by atoms with van der Waals surface area (Å²) in [6.07, 6.45) is 1.51. The van der Waals surface area contributed by atoms with E-state index in [0.717, 1.165) is 30.6 Å². The molecule has 0 amide bonds. The Bertz CT molecular complexity index is 1060. The van der Waals surface area contributed by atoms with E-state index >= 15 is 0 Å². The Balaban J connectivity index is 1.76. The van der Waals surface area contributed by atoms with Gasteiger partial charge in [0.1, 0.15) is 5.82 Å². The molecule has 0 unspecified atom stereocenters. The number of piperazine rings is 1. The summed E-state index contributed by atoms with van der Waals surface area (Å²) in [6, 6.07) is 13.1. The second-order valence-electron chi connectivity index (χ2n) is 7.02. The fourth-order valence-electron chi connectivity index (χ4n) is 3.70. The molecule has 4 rings (SSSR count). The van der Waals surface area contributed by atoms with Crippen molar-refractivity contribution in [1.82, 2.24) is 14.2 Å². The molecule has 1 aliphatic heterocycles. The van der Waals surface area contributed by atoms with Crippen molar-refractivity contribution < 1.29 is 12.8 Å². The van der Waals surface area contributed by atoms with Crippen molar-refractivity contribution in [2.24, 2.45) is 0 Å². The third-order valence-corrected chi connectivity index (χ3v) is 6.67. The van der Waals surface area contributed by atoms with Gasteiger partial charge in [0.15, 0.2) is 0 Å². The highest BCUT2D eigenvalue weighted by Gasteiger charge is 2.22. The molecule has 3 aromatic rings. The van der Waals surface area contributed by atoms with Crippen LogP contribution in [0.5, 0.6) is 0 Å². The van der Waals surface area contributed by atoms with E-state index in [0.29, 0.717) is 18.1 Å². The molecule has 7 heteroatoms. The molecule has 1 atom stereocenters. The minimum Gasteiger partial charge on any atom is -0.312 e. The number of hydrogen-bond acceptors (Lipinski definition) is 4. The summed E-state index contributed by atoms with van der Waals surface area (Å²) in [7, 11) is -3.77. The minimum absolute atomic E-state index is 0.184. The molecule has 0 radical (unpaired) electrons. The van der Waals surface area contributed by atoms with Gasteiger partial charge < -0.3 is 5.32 Å². The summed E-state index contributed by atoms with van der Waals surface area (Å²) in [5, 5.41) is 4.16. The van der Waals surface area contributed by atoms with Crippen LogP contribution in [0.2, 0.25) is 0 Å². The molecular formula is C20H22FN3O2S. The van der Waals surface area contributed by atoms with E-state index in [1.807, 2.05) is 0 Å². The summed E-state index contributed by atoms with van der Waals surface area (Å²) in [4.78, 5) is 2.45. The van der Waals surface area contributed by atoms with E-state index in [-0.39, 0.29) is 4.90 Å². The maximum atomic E-state index is 14.3. The van der Waals surface area contributed by atoms with Gasteiger partial charge in [0.2, 0.25) is 0 Å². The molecule has 2 aromatic carbocycles. The van der Waals surface area contributed by atoms with E-state index in [2.05, 4.69) is 17.1 Å². The predicted octanol–water partition coefficient (Wildman–Crippen LogP) is 2.81. The Labute approximate surface area is 158 Å². The zero-order chi connectivity index (χ0) is 19.0. The fourth-order valence-corrected chi connectivity index (χ4v) is 5.06. The molecule has 1 aromatic heterocycles. The molecule has 0 bridgehead atoms. The van der Waals surface area contributed by atoms with Gasteiger partial charge in [-0.05, 0) is 42.8 Å². The van der Waals surface area contributed by atoms with Crippen molar-refractivity contribution in [3.05, 3.63) is 66.1 Å². The largest absolute Gasteiger partial charge is 0.312 e. The summed E-state index contributed by atoms with van der Waals surface area (Å²) in [5.74, 6) is -0.427. The molecule has 1 fully saturated rings. The van der Waals surface area contributed by atoms with Crippen LogP contribution < -0.4 is 5.32 Å². The lowest BCUT2D eigenvalue weighted by Gasteiger charge is -2.32. The first kappa shape index (κ1) is 18.2. The molecule has 27 heavy (non-hydrogen) atoms. The molecule has 1 N–H and O–H groups in total. The highest BCUT2D eigenvalue weighted by Crippen LogP contribution is 2.27. The lowest BCUT2D eigenvalue weighted by Crippen LogP contribution is -2.48. The first-order valence-corrected chi connectivity index (χ1v) is 10.4. The van der Waals surface area contributed by atoms with Gasteiger partial charge in [-0.2, -0.15) is 0 Å². The van der Waals surface area contributed by atoms with Crippen LogP contribution in [-0.4, -0.2) is 43.0 Å². The van der Waals surface area contributed by atoms with E-state index in [1.54, 1.807) is 36.4 Å². The lowest BCUT2D eigenvalue weighted by atomic mass is 10.1. The predicted molar refractivity (Wildman–Crippen MR) is 104 cm³/mol. The van der Waals surface area contributed by atoms with Crippen LogP contribution in [0.3, 0.4) is 0 Å². The summed E-state index contributed by atoms with van der Waals surface area (Å²) >= 11 is 0. The zero-order valence-electron chi connectivity index (χ0n) is 15.1. The van der Waals surface area contributed by atoms with Crippen LogP contribution in [-0.2, 0) is 16.6 Å². The third kappa shape index (κ3) is 3.50. The SMILES string of the molecule is C[C@H]1CN(Cc2cc(F)cc3c2ccn3S(=O)(=O)c2ccccc2)CCN1. The van der Waals surface area contributed by atoms with E-state index in [9.17, 15) is 12.8 Å². The minimum atomic E-state index is -3.77. The van der Waals surface area contributed by atoms with Crippen LogP contribution in [0.15, 0.2) is 59.6 Å². The maximum Gasteiger partial charge on any atom is 0.268 e. The Morgan fingerprint density at radius 3 is 2.70 bits per heavy atom. The highest BCUT2D eigenvalue weighted by molar-refractivity contribution is 7.90. The molecule has 0 aliphatic carbocycles. The number of nitrogens with zero attached hydrogens (tertiary/aromatic N) is 2. The van der Waals surface area contributed by atoms with Crippen molar-refractivity contribution in [3.63, 3.8) is 0 Å². The van der Waals surface area contributed by atoms with Gasteiger partial charge in [-0.25, -0.2) is 16.8 Å². The zero-order valence-corrected chi connectivity index (χ0v) is 15.9. The van der Waals surface area contributed by atoms with Crippen LogP contribution in [0.25, 0.3) is 10.9 Å². The fraction of sp³-hybridized carbons (Fsp3) is 0.300. The first-order valence-electron chi connectivity index (χ1n) is 9.01. The Morgan fingerprint density at radius 2 is 1.96 bits per heavy atom. The van der Waals surface area contributed by atoms with Crippen molar-refractivity contribution in [2.45, 2.75) is 24.4 Å². The van der Waals surface area contributed by atoms with Crippen molar-refractivity contribution >= 4 is 20.9 Å². The Morgan fingerprint density at radius 1 is 1.19 bits per heavy atom. The third-order valence-electron chi connectivity index (χ3n) is 4.97. The average Bonchev–Trinajstić information content (AvgIpc) is 3.07. The van der Waals surface area contributed by atoms with Gasteiger partial charge in [-0.15, -0.1) is 0 Å². The van der Waals surface area contributed by atoms with Crippen molar-refractivity contribution in [2.75, 3.05) is 19.6 Å². The van der Waals surface area contributed by atoms with Crippen LogP contribution in [0.4, 0.5) is 4.39 Å². The first-order chi connectivity index (χ1) is 12.9. The maximum absolute atomic E-state index is 14.3. The van der Waals surface area contributed by atoms with Crippen molar-refractivity contribution in [1.29, 1.82) is 0 Å². The number of halogens is 1. The smallest absolute Gasteiger partial charge is 0.268 e. The molecule has 2 heterocycles. The van der Waals surface area contributed by atoms with Crippen molar-refractivity contribution in [3.8, 4) is 0 Å². The molecule has 5 nitrogen and oxygen atoms in total. The molecule has 0 spiro atoms. The summed E-state index contributed by atoms with van der Waals surface area (Å²) < 4.78 is 41.5. The second-order valence-corrected chi connectivity index (χ2v) is 8.83. The monoisotopic (exact) mass is 387 g/mol. The van der Waals surface area contributed by atoms with Crippen LogP contribution >= 0.6 is 0 Å². The van der Waals surface area contributed by atoms with Gasteiger partial charge in [0.25, 0.3) is 10.0 Å². The van der Waals surface area contributed by atoms with E-state index in [4.69, 9.17) is 0 Å². The Hall–Kier alpha value is -2.22. The standard InChI is InChI=1S/C20H22FN3O2S/c1-15-13-23(10-8-22-15)14-16-11-17(21)12-20-19(16)7-9-24(20)27(25,26)18-5-3-2-4-6-18/h2-7,9,11-12,15,22H,8,10,13-14H2,1H3/t15-/m0/s1. The molecular weight excluding hydrogens is 365 g/mol. The van der Waals surface area contributed by atoms with E-state index in [1.165, 1.54) is 22.3 Å². The van der Waals surface area contributed by atoms with Crippen LogP contribution in [0, 0.1) is 5.82 Å². The van der Waals surface area contributed by atoms with Gasteiger partial charge in [0.05, 0.1) is 10.4 Å². The summed E-state index contributed by atoms with van der Waals surface area (Å²) in [5.41, 5.74) is 1.18. The highest BCUT2D eigenvalue weighted by atomic mass is 32.2. The van der Waals surface area contributed by atoms with Gasteiger partial charge in [0, 0.05) is 43.8 Å². The second kappa shape index (κ2) is 7.07. The number of benzene rings is 2. The van der Waals surface area contributed by atoms with Gasteiger partial charge in [-0.1, -0.05) is 18.2 Å².